The average Bonchev–Trinajstić information content (AvgIpc) is 3.21. The van der Waals surface area contributed by atoms with Gasteiger partial charge in [-0.05, 0) is 25.0 Å². The second-order valence-electron chi connectivity index (χ2n) is 5.74. The van der Waals surface area contributed by atoms with Gasteiger partial charge in [-0.2, -0.15) is 0 Å². The molecule has 0 unspecified atom stereocenters. The highest BCUT2D eigenvalue weighted by atomic mass is 16.2. The lowest BCUT2D eigenvalue weighted by atomic mass is 10.3. The van der Waals surface area contributed by atoms with Crippen molar-refractivity contribution in [3.05, 3.63) is 30.6 Å². The maximum Gasteiger partial charge on any atom is 0.222 e. The van der Waals surface area contributed by atoms with Crippen molar-refractivity contribution in [1.82, 2.24) is 24.5 Å². The molecule has 7 heteroatoms. The number of rotatable bonds is 5. The Kier molecular flexibility index (Phi) is 3.53. The van der Waals surface area contributed by atoms with E-state index in [9.17, 15) is 4.79 Å². The van der Waals surface area contributed by atoms with Crippen LogP contribution in [0.4, 0.5) is 5.82 Å². The molecule has 1 fully saturated rings. The minimum absolute atomic E-state index is 0.272. The van der Waals surface area contributed by atoms with Crippen LogP contribution in [0.2, 0.25) is 0 Å². The Morgan fingerprint density at radius 1 is 1.26 bits per heavy atom. The van der Waals surface area contributed by atoms with E-state index in [-0.39, 0.29) is 5.91 Å². The van der Waals surface area contributed by atoms with E-state index in [0.29, 0.717) is 6.42 Å². The van der Waals surface area contributed by atoms with E-state index in [0.717, 1.165) is 55.0 Å². The maximum absolute atomic E-state index is 11.6. The third kappa shape index (κ3) is 2.58. The van der Waals surface area contributed by atoms with Crippen LogP contribution >= 0.6 is 0 Å². The molecule has 0 saturated carbocycles. The Morgan fingerprint density at radius 3 is 3.04 bits per heavy atom. The SMILES string of the molecule is O=C1CCCN1CCCNc1nc2ccccc2n2cnnc12. The molecule has 0 atom stereocenters. The molecule has 2 aromatic heterocycles. The van der Waals surface area contributed by atoms with Crippen molar-refractivity contribution < 1.29 is 4.79 Å². The Morgan fingerprint density at radius 2 is 2.17 bits per heavy atom. The highest BCUT2D eigenvalue weighted by Gasteiger charge is 2.19. The molecule has 0 radical (unpaired) electrons. The number of aromatic nitrogens is 4. The fraction of sp³-hybridized carbons (Fsp3) is 0.375. The molecule has 1 saturated heterocycles. The zero-order chi connectivity index (χ0) is 15.6. The van der Waals surface area contributed by atoms with Gasteiger partial charge in [0, 0.05) is 26.1 Å². The van der Waals surface area contributed by atoms with E-state index in [1.54, 1.807) is 6.33 Å². The summed E-state index contributed by atoms with van der Waals surface area (Å²) in [5.74, 6) is 1.00. The van der Waals surface area contributed by atoms with Gasteiger partial charge in [0.1, 0.15) is 6.33 Å². The van der Waals surface area contributed by atoms with Crippen molar-refractivity contribution in [2.75, 3.05) is 25.0 Å². The van der Waals surface area contributed by atoms with Gasteiger partial charge < -0.3 is 10.2 Å². The van der Waals surface area contributed by atoms with Crippen molar-refractivity contribution in [2.24, 2.45) is 0 Å². The number of benzene rings is 1. The lowest BCUT2D eigenvalue weighted by Crippen LogP contribution is -2.27. The second-order valence-corrected chi connectivity index (χ2v) is 5.74. The highest BCUT2D eigenvalue weighted by molar-refractivity contribution is 5.82. The summed E-state index contributed by atoms with van der Waals surface area (Å²) in [6.07, 6.45) is 4.27. The summed E-state index contributed by atoms with van der Waals surface area (Å²) >= 11 is 0. The fourth-order valence-corrected chi connectivity index (χ4v) is 3.04. The van der Waals surface area contributed by atoms with Crippen LogP contribution in [0.3, 0.4) is 0 Å². The van der Waals surface area contributed by atoms with Crippen LogP contribution in [0.25, 0.3) is 16.7 Å². The number of hydrogen-bond donors (Lipinski definition) is 1. The van der Waals surface area contributed by atoms with Crippen molar-refractivity contribution in [3.8, 4) is 0 Å². The van der Waals surface area contributed by atoms with Crippen LogP contribution in [-0.4, -0.2) is 50.0 Å². The fourth-order valence-electron chi connectivity index (χ4n) is 3.04. The van der Waals surface area contributed by atoms with Crippen LogP contribution in [0, 0.1) is 0 Å². The summed E-state index contributed by atoms with van der Waals surface area (Å²) < 4.78 is 1.94. The van der Waals surface area contributed by atoms with Crippen LogP contribution in [0.5, 0.6) is 0 Å². The first-order chi connectivity index (χ1) is 11.3. The molecule has 1 N–H and O–H groups in total. The van der Waals surface area contributed by atoms with Crippen LogP contribution in [0.1, 0.15) is 19.3 Å². The molecule has 0 spiro atoms. The third-order valence-corrected chi connectivity index (χ3v) is 4.20. The first-order valence-electron chi connectivity index (χ1n) is 7.93. The minimum atomic E-state index is 0.272. The Labute approximate surface area is 133 Å². The van der Waals surface area contributed by atoms with Crippen LogP contribution in [-0.2, 0) is 4.79 Å². The van der Waals surface area contributed by atoms with Crippen molar-refractivity contribution >= 4 is 28.4 Å². The smallest absolute Gasteiger partial charge is 0.222 e. The number of likely N-dealkylation sites (tertiary alicyclic amines) is 1. The first-order valence-corrected chi connectivity index (χ1v) is 7.93. The Balaban J connectivity index is 1.49. The highest BCUT2D eigenvalue weighted by Crippen LogP contribution is 2.19. The molecular formula is C16H18N6O. The lowest BCUT2D eigenvalue weighted by molar-refractivity contribution is -0.127. The summed E-state index contributed by atoms with van der Waals surface area (Å²) in [6, 6.07) is 7.92. The molecule has 23 heavy (non-hydrogen) atoms. The third-order valence-electron chi connectivity index (χ3n) is 4.20. The maximum atomic E-state index is 11.6. The number of nitrogens with one attached hydrogen (secondary N) is 1. The Hall–Kier alpha value is -2.70. The average molecular weight is 310 g/mol. The molecule has 1 aromatic carbocycles. The zero-order valence-electron chi connectivity index (χ0n) is 12.8. The standard InChI is InChI=1S/C16H18N6O/c23-14-7-3-9-21(14)10-4-8-17-15-16-20-18-11-22(16)13-6-2-1-5-12(13)19-15/h1-2,5-6,11H,3-4,7-10H2,(H,17,19). The predicted molar refractivity (Wildman–Crippen MR) is 87.2 cm³/mol. The van der Waals surface area contributed by atoms with Crippen molar-refractivity contribution in [1.29, 1.82) is 0 Å². The van der Waals surface area contributed by atoms with E-state index in [2.05, 4.69) is 20.5 Å². The van der Waals surface area contributed by atoms with Gasteiger partial charge in [0.15, 0.2) is 5.82 Å². The van der Waals surface area contributed by atoms with Gasteiger partial charge in [-0.3, -0.25) is 9.20 Å². The predicted octanol–water partition coefficient (Wildman–Crippen LogP) is 1.70. The van der Waals surface area contributed by atoms with E-state index in [1.807, 2.05) is 33.6 Å². The second kappa shape index (κ2) is 5.83. The van der Waals surface area contributed by atoms with Crippen molar-refractivity contribution in [2.45, 2.75) is 19.3 Å². The van der Waals surface area contributed by atoms with Gasteiger partial charge in [0.05, 0.1) is 11.0 Å². The van der Waals surface area contributed by atoms with E-state index in [4.69, 9.17) is 0 Å². The summed E-state index contributed by atoms with van der Waals surface area (Å²) in [7, 11) is 0. The van der Waals surface area contributed by atoms with E-state index < -0.39 is 0 Å². The molecule has 4 rings (SSSR count). The van der Waals surface area contributed by atoms with Gasteiger partial charge in [-0.1, -0.05) is 12.1 Å². The Bertz CT molecular complexity index is 858. The molecule has 0 aliphatic carbocycles. The van der Waals surface area contributed by atoms with E-state index >= 15 is 0 Å². The van der Waals surface area contributed by atoms with Gasteiger partial charge >= 0.3 is 0 Å². The summed E-state index contributed by atoms with van der Waals surface area (Å²) in [6.45, 7) is 2.43. The van der Waals surface area contributed by atoms with Crippen LogP contribution in [0.15, 0.2) is 30.6 Å². The van der Waals surface area contributed by atoms with Crippen LogP contribution < -0.4 is 5.32 Å². The number of para-hydroxylation sites is 2. The molecule has 3 heterocycles. The molecule has 0 bridgehead atoms. The molecule has 1 aliphatic rings. The van der Waals surface area contributed by atoms with Gasteiger partial charge in [0.25, 0.3) is 0 Å². The monoisotopic (exact) mass is 310 g/mol. The topological polar surface area (TPSA) is 75.4 Å². The number of anilines is 1. The first kappa shape index (κ1) is 13.9. The molecule has 3 aromatic rings. The van der Waals surface area contributed by atoms with Gasteiger partial charge in [-0.15, -0.1) is 10.2 Å². The zero-order valence-corrected chi connectivity index (χ0v) is 12.8. The van der Waals surface area contributed by atoms with Gasteiger partial charge in [0.2, 0.25) is 11.6 Å². The minimum Gasteiger partial charge on any atom is -0.367 e. The number of fused-ring (bicyclic) bond motifs is 3. The number of carbonyl (C=O) groups is 1. The molecular weight excluding hydrogens is 292 g/mol. The van der Waals surface area contributed by atoms with Crippen molar-refractivity contribution in [3.63, 3.8) is 0 Å². The van der Waals surface area contributed by atoms with Gasteiger partial charge in [-0.25, -0.2) is 4.98 Å². The normalized spacial score (nSPS) is 15.0. The number of carbonyl (C=O) groups excluding carboxylic acids is 1. The quantitative estimate of drug-likeness (QED) is 0.726. The molecule has 7 nitrogen and oxygen atoms in total. The lowest BCUT2D eigenvalue weighted by Gasteiger charge is -2.15. The molecule has 118 valence electrons. The molecule has 1 amide bonds. The summed E-state index contributed by atoms with van der Waals surface area (Å²) in [4.78, 5) is 18.2. The largest absolute Gasteiger partial charge is 0.367 e. The number of nitrogens with zero attached hydrogens (tertiary/aromatic N) is 5. The molecule has 1 aliphatic heterocycles. The number of amides is 1. The number of hydrogen-bond acceptors (Lipinski definition) is 5. The summed E-state index contributed by atoms with van der Waals surface area (Å²) in [5.41, 5.74) is 2.61. The van der Waals surface area contributed by atoms with E-state index in [1.165, 1.54) is 0 Å². The summed E-state index contributed by atoms with van der Waals surface area (Å²) in [5, 5.41) is 11.5.